The second kappa shape index (κ2) is 6.30. The molecule has 0 unspecified atom stereocenters. The molecule has 0 aliphatic carbocycles. The summed E-state index contributed by atoms with van der Waals surface area (Å²) in [6, 6.07) is 5.63. The van der Waals surface area contributed by atoms with Gasteiger partial charge in [-0.15, -0.1) is 0 Å². The number of benzene rings is 2. The maximum atomic E-state index is 13.5. The number of nitrogens with two attached hydrogens (primary N) is 1. The minimum absolute atomic E-state index is 0.325. The number of para-hydroxylation sites is 1. The molecule has 3 nitrogen and oxygen atoms in total. The standard InChI is InChI=1S/C15H10F4N2O/c16-8-4-5-9(12(19)6-8)13(22)7-14(20)21-15-10(17)2-1-3-11(15)18/h1-7,22H,(H2,20,21). The summed E-state index contributed by atoms with van der Waals surface area (Å²) in [6.07, 6.45) is 0.808. The second-order valence-corrected chi connectivity index (χ2v) is 4.26. The van der Waals surface area contributed by atoms with Crippen molar-refractivity contribution in [3.63, 3.8) is 0 Å². The Morgan fingerprint density at radius 1 is 1.00 bits per heavy atom. The maximum absolute atomic E-state index is 13.5. The van der Waals surface area contributed by atoms with E-state index in [1.165, 1.54) is 0 Å². The normalized spacial score (nSPS) is 12.5. The predicted molar refractivity (Wildman–Crippen MR) is 74.6 cm³/mol. The highest BCUT2D eigenvalue weighted by Crippen LogP contribution is 2.22. The second-order valence-electron chi connectivity index (χ2n) is 4.26. The van der Waals surface area contributed by atoms with Crippen LogP contribution in [0.5, 0.6) is 0 Å². The molecule has 0 spiro atoms. The summed E-state index contributed by atoms with van der Waals surface area (Å²) in [6.45, 7) is 0. The number of rotatable bonds is 3. The molecular weight excluding hydrogens is 300 g/mol. The molecule has 2 aromatic carbocycles. The lowest BCUT2D eigenvalue weighted by Crippen LogP contribution is -2.09. The Morgan fingerprint density at radius 3 is 2.23 bits per heavy atom. The van der Waals surface area contributed by atoms with E-state index < -0.39 is 40.6 Å². The SMILES string of the molecule is NC(C=C(O)c1ccc(F)cc1F)=Nc1c(F)cccc1F. The van der Waals surface area contributed by atoms with Gasteiger partial charge in [-0.2, -0.15) is 0 Å². The van der Waals surface area contributed by atoms with Crippen molar-refractivity contribution in [1.29, 1.82) is 0 Å². The quantitative estimate of drug-likeness (QED) is 0.392. The smallest absolute Gasteiger partial charge is 0.151 e. The van der Waals surface area contributed by atoms with Crippen LogP contribution in [0.15, 0.2) is 47.5 Å². The molecule has 3 N–H and O–H groups in total. The van der Waals surface area contributed by atoms with E-state index in [0.717, 1.165) is 36.4 Å². The number of amidine groups is 1. The van der Waals surface area contributed by atoms with Gasteiger partial charge in [-0.25, -0.2) is 22.6 Å². The van der Waals surface area contributed by atoms with Crippen molar-refractivity contribution in [2.75, 3.05) is 0 Å². The summed E-state index contributed by atoms with van der Waals surface area (Å²) in [5.74, 6) is -4.82. The largest absolute Gasteiger partial charge is 0.507 e. The van der Waals surface area contributed by atoms with Gasteiger partial charge in [0.2, 0.25) is 0 Å². The zero-order valence-electron chi connectivity index (χ0n) is 11.0. The van der Waals surface area contributed by atoms with Crippen LogP contribution in [0, 0.1) is 23.3 Å². The molecule has 0 saturated carbocycles. The van der Waals surface area contributed by atoms with Gasteiger partial charge in [-0.1, -0.05) is 6.07 Å². The topological polar surface area (TPSA) is 58.6 Å². The third kappa shape index (κ3) is 3.43. The molecular formula is C15H10F4N2O. The number of halogens is 4. The summed E-state index contributed by atoms with van der Waals surface area (Å²) in [5.41, 5.74) is 4.48. The van der Waals surface area contributed by atoms with Gasteiger partial charge in [-0.3, -0.25) is 0 Å². The molecule has 7 heteroatoms. The lowest BCUT2D eigenvalue weighted by atomic mass is 10.1. The van der Waals surface area contributed by atoms with E-state index in [-0.39, 0.29) is 5.56 Å². The highest BCUT2D eigenvalue weighted by Gasteiger charge is 2.10. The highest BCUT2D eigenvalue weighted by molar-refractivity contribution is 5.98. The molecule has 0 atom stereocenters. The van der Waals surface area contributed by atoms with E-state index >= 15 is 0 Å². The Kier molecular flexibility index (Phi) is 4.45. The number of hydrogen-bond donors (Lipinski definition) is 2. The van der Waals surface area contributed by atoms with Crippen molar-refractivity contribution in [2.24, 2.45) is 10.7 Å². The summed E-state index contributed by atoms with van der Waals surface area (Å²) in [4.78, 5) is 3.48. The number of aliphatic hydroxyl groups is 1. The third-order valence-electron chi connectivity index (χ3n) is 2.67. The van der Waals surface area contributed by atoms with Crippen LogP contribution in [0.4, 0.5) is 23.2 Å². The van der Waals surface area contributed by atoms with Crippen molar-refractivity contribution in [1.82, 2.24) is 0 Å². The van der Waals surface area contributed by atoms with Crippen LogP contribution in [0.25, 0.3) is 5.76 Å². The van der Waals surface area contributed by atoms with Crippen molar-refractivity contribution in [3.05, 3.63) is 71.3 Å². The minimum atomic E-state index is -1.02. The molecule has 2 aromatic rings. The Hall–Kier alpha value is -2.83. The van der Waals surface area contributed by atoms with Crippen molar-refractivity contribution in [2.45, 2.75) is 0 Å². The van der Waals surface area contributed by atoms with Gasteiger partial charge in [-0.05, 0) is 24.3 Å². The van der Waals surface area contributed by atoms with Gasteiger partial charge in [0.1, 0.15) is 28.9 Å². The van der Waals surface area contributed by atoms with Crippen LogP contribution in [-0.4, -0.2) is 10.9 Å². The van der Waals surface area contributed by atoms with Crippen molar-refractivity contribution < 1.29 is 22.7 Å². The van der Waals surface area contributed by atoms with Gasteiger partial charge in [0.25, 0.3) is 0 Å². The van der Waals surface area contributed by atoms with Gasteiger partial charge in [0.15, 0.2) is 11.6 Å². The van der Waals surface area contributed by atoms with Crippen LogP contribution >= 0.6 is 0 Å². The molecule has 22 heavy (non-hydrogen) atoms. The monoisotopic (exact) mass is 310 g/mol. The Labute approximate surface area is 123 Å². The maximum Gasteiger partial charge on any atom is 0.151 e. The first-order chi connectivity index (χ1) is 10.4. The first kappa shape index (κ1) is 15.6. The van der Waals surface area contributed by atoms with E-state index in [0.29, 0.717) is 6.07 Å². The van der Waals surface area contributed by atoms with E-state index in [2.05, 4.69) is 4.99 Å². The van der Waals surface area contributed by atoms with Crippen molar-refractivity contribution in [3.8, 4) is 0 Å². The molecule has 0 radical (unpaired) electrons. The summed E-state index contributed by atoms with van der Waals surface area (Å²) >= 11 is 0. The minimum Gasteiger partial charge on any atom is -0.507 e. The first-order valence-corrected chi connectivity index (χ1v) is 6.02. The number of nitrogens with zero attached hydrogens (tertiary/aromatic N) is 1. The van der Waals surface area contributed by atoms with Crippen LogP contribution in [0.3, 0.4) is 0 Å². The highest BCUT2D eigenvalue weighted by atomic mass is 19.1. The average molecular weight is 310 g/mol. The number of hydrogen-bond acceptors (Lipinski definition) is 2. The Balaban J connectivity index is 2.37. The van der Waals surface area contributed by atoms with Crippen LogP contribution in [0.1, 0.15) is 5.56 Å². The molecule has 114 valence electrons. The first-order valence-electron chi connectivity index (χ1n) is 6.02. The van der Waals surface area contributed by atoms with Gasteiger partial charge < -0.3 is 10.8 Å². The van der Waals surface area contributed by atoms with Crippen LogP contribution in [0.2, 0.25) is 0 Å². The van der Waals surface area contributed by atoms with E-state index in [4.69, 9.17) is 5.73 Å². The van der Waals surface area contributed by atoms with E-state index in [1.807, 2.05) is 0 Å². The molecule has 0 heterocycles. The Morgan fingerprint density at radius 2 is 1.64 bits per heavy atom. The summed E-state index contributed by atoms with van der Waals surface area (Å²) in [5, 5.41) is 9.73. The molecule has 2 rings (SSSR count). The predicted octanol–water partition coefficient (Wildman–Crippen LogP) is 3.83. The molecule has 0 fully saturated rings. The average Bonchev–Trinajstić information content (AvgIpc) is 2.42. The fraction of sp³-hybridized carbons (Fsp3) is 0. The van der Waals surface area contributed by atoms with E-state index in [1.54, 1.807) is 0 Å². The van der Waals surface area contributed by atoms with Gasteiger partial charge >= 0.3 is 0 Å². The lowest BCUT2D eigenvalue weighted by molar-refractivity contribution is 0.500. The summed E-state index contributed by atoms with van der Waals surface area (Å²) < 4.78 is 53.0. The third-order valence-corrected chi connectivity index (χ3v) is 2.67. The lowest BCUT2D eigenvalue weighted by Gasteiger charge is -2.03. The number of aliphatic imine (C=N–C) groups is 1. The zero-order valence-corrected chi connectivity index (χ0v) is 11.0. The van der Waals surface area contributed by atoms with Gasteiger partial charge in [0.05, 0.1) is 5.56 Å². The van der Waals surface area contributed by atoms with E-state index in [9.17, 15) is 22.7 Å². The molecule has 0 aliphatic heterocycles. The Bertz CT molecular complexity index is 752. The zero-order chi connectivity index (χ0) is 16.3. The van der Waals surface area contributed by atoms with Crippen LogP contribution < -0.4 is 5.73 Å². The van der Waals surface area contributed by atoms with Crippen molar-refractivity contribution >= 4 is 17.3 Å². The molecule has 0 aromatic heterocycles. The molecule has 0 amide bonds. The van der Waals surface area contributed by atoms with Crippen LogP contribution in [-0.2, 0) is 0 Å². The van der Waals surface area contributed by atoms with Gasteiger partial charge in [0, 0.05) is 12.1 Å². The molecule has 0 saturated heterocycles. The number of aliphatic hydroxyl groups excluding tert-OH is 1. The summed E-state index contributed by atoms with van der Waals surface area (Å²) in [7, 11) is 0. The molecule has 0 bridgehead atoms. The fourth-order valence-electron chi connectivity index (χ4n) is 1.67. The molecule has 0 aliphatic rings. The fourth-order valence-corrected chi connectivity index (χ4v) is 1.67.